The fraction of sp³-hybridized carbons (Fsp3) is 0.292. The van der Waals surface area contributed by atoms with Gasteiger partial charge in [0.05, 0.1) is 43.1 Å². The number of aliphatic hydroxyl groups is 1. The van der Waals surface area contributed by atoms with E-state index in [4.69, 9.17) is 9.47 Å². The van der Waals surface area contributed by atoms with Crippen LogP contribution in [-0.2, 0) is 11.2 Å². The lowest BCUT2D eigenvalue weighted by Gasteiger charge is -2.29. The quantitative estimate of drug-likeness (QED) is 0.514. The molecule has 0 aliphatic carbocycles. The van der Waals surface area contributed by atoms with Gasteiger partial charge in [-0.3, -0.25) is 9.36 Å². The van der Waals surface area contributed by atoms with E-state index in [-0.39, 0.29) is 5.56 Å². The molecular weight excluding hydrogens is 394 g/mol. The Hall–Kier alpha value is -3.29. The maximum absolute atomic E-state index is 13.4. The van der Waals surface area contributed by atoms with Crippen LogP contribution in [0.25, 0.3) is 21.7 Å². The Labute approximate surface area is 178 Å². The second kappa shape index (κ2) is 8.09. The van der Waals surface area contributed by atoms with Gasteiger partial charge in [0, 0.05) is 24.3 Å². The summed E-state index contributed by atoms with van der Waals surface area (Å²) in [5.41, 5.74) is 2.56. The summed E-state index contributed by atoms with van der Waals surface area (Å²) >= 11 is 0. The van der Waals surface area contributed by atoms with Gasteiger partial charge < -0.3 is 14.6 Å². The number of pyridine rings is 1. The molecule has 7 heteroatoms. The molecule has 1 aliphatic rings. The molecule has 5 rings (SSSR count). The summed E-state index contributed by atoms with van der Waals surface area (Å²) in [7, 11) is 1.59. The Kier molecular flexibility index (Phi) is 5.13. The normalized spacial score (nSPS) is 19.0. The van der Waals surface area contributed by atoms with Crippen LogP contribution in [0.2, 0.25) is 0 Å². The molecule has 0 unspecified atom stereocenters. The summed E-state index contributed by atoms with van der Waals surface area (Å²) in [6, 6.07) is 13.3. The largest absolute Gasteiger partial charge is 0.481 e. The van der Waals surface area contributed by atoms with E-state index in [9.17, 15) is 9.90 Å². The van der Waals surface area contributed by atoms with Gasteiger partial charge in [0.25, 0.3) is 5.56 Å². The van der Waals surface area contributed by atoms with Gasteiger partial charge in [0.15, 0.2) is 0 Å². The molecule has 0 radical (unpaired) electrons. The van der Waals surface area contributed by atoms with Crippen LogP contribution < -0.4 is 10.3 Å². The fourth-order valence-corrected chi connectivity index (χ4v) is 4.30. The lowest BCUT2D eigenvalue weighted by atomic mass is 9.96. The third kappa shape index (κ3) is 3.56. The minimum Gasteiger partial charge on any atom is -0.481 e. The van der Waals surface area contributed by atoms with Crippen LogP contribution in [0.1, 0.15) is 23.6 Å². The van der Waals surface area contributed by atoms with E-state index in [1.54, 1.807) is 13.3 Å². The molecule has 1 aliphatic heterocycles. The first kappa shape index (κ1) is 19.7. The molecule has 0 spiro atoms. The standard InChI is InChI=1S/C24H23N3O4/c1-30-22-11-15(6-8-25-22)10-16-12-19-23(18-5-3-2-4-17(16)18)26-14-27(24(19)29)20-13-31-9-7-21(20)28/h2-6,8,11-12,14,20-21,28H,7,9-10,13H2,1H3/t20-,21-/m0/s1. The molecule has 2 aromatic heterocycles. The number of hydrogen-bond acceptors (Lipinski definition) is 6. The van der Waals surface area contributed by atoms with Crippen molar-refractivity contribution >= 4 is 21.7 Å². The Morgan fingerprint density at radius 3 is 2.81 bits per heavy atom. The summed E-state index contributed by atoms with van der Waals surface area (Å²) in [6.45, 7) is 0.795. The average molecular weight is 417 g/mol. The van der Waals surface area contributed by atoms with E-state index in [1.807, 2.05) is 36.4 Å². The van der Waals surface area contributed by atoms with E-state index in [0.29, 0.717) is 42.8 Å². The molecule has 7 nitrogen and oxygen atoms in total. The number of hydrogen-bond donors (Lipinski definition) is 1. The Morgan fingerprint density at radius 1 is 1.16 bits per heavy atom. The van der Waals surface area contributed by atoms with Crippen molar-refractivity contribution in [1.29, 1.82) is 0 Å². The van der Waals surface area contributed by atoms with Crippen LogP contribution in [0, 0.1) is 0 Å². The Morgan fingerprint density at radius 2 is 2.00 bits per heavy atom. The van der Waals surface area contributed by atoms with Gasteiger partial charge in [0.2, 0.25) is 5.88 Å². The summed E-state index contributed by atoms with van der Waals surface area (Å²) in [4.78, 5) is 22.2. The van der Waals surface area contributed by atoms with Gasteiger partial charge in [0.1, 0.15) is 0 Å². The predicted octanol–water partition coefficient (Wildman–Crippen LogP) is 2.87. The van der Waals surface area contributed by atoms with Gasteiger partial charge in [-0.2, -0.15) is 0 Å². The minimum absolute atomic E-state index is 0.168. The van der Waals surface area contributed by atoms with Crippen molar-refractivity contribution in [3.8, 4) is 5.88 Å². The van der Waals surface area contributed by atoms with E-state index >= 15 is 0 Å². The predicted molar refractivity (Wildman–Crippen MR) is 118 cm³/mol. The molecule has 1 saturated heterocycles. The summed E-state index contributed by atoms with van der Waals surface area (Å²) in [6.07, 6.45) is 3.75. The van der Waals surface area contributed by atoms with Crippen molar-refractivity contribution in [3.63, 3.8) is 0 Å². The summed E-state index contributed by atoms with van der Waals surface area (Å²) in [5, 5.41) is 12.9. The highest BCUT2D eigenvalue weighted by Crippen LogP contribution is 2.29. The molecule has 31 heavy (non-hydrogen) atoms. The van der Waals surface area contributed by atoms with Crippen molar-refractivity contribution in [2.24, 2.45) is 0 Å². The number of aromatic nitrogens is 3. The number of rotatable bonds is 4. The number of benzene rings is 2. The third-order valence-corrected chi connectivity index (χ3v) is 5.93. The monoisotopic (exact) mass is 417 g/mol. The van der Waals surface area contributed by atoms with Crippen molar-refractivity contribution in [2.75, 3.05) is 20.3 Å². The molecule has 1 fully saturated rings. The zero-order chi connectivity index (χ0) is 21.4. The van der Waals surface area contributed by atoms with Crippen LogP contribution >= 0.6 is 0 Å². The number of methoxy groups -OCH3 is 1. The van der Waals surface area contributed by atoms with E-state index in [1.165, 1.54) is 10.9 Å². The first-order valence-corrected chi connectivity index (χ1v) is 10.3. The number of ether oxygens (including phenoxy) is 2. The lowest BCUT2D eigenvalue weighted by Crippen LogP contribution is -2.39. The van der Waals surface area contributed by atoms with E-state index in [0.717, 1.165) is 21.9 Å². The highest BCUT2D eigenvalue weighted by atomic mass is 16.5. The van der Waals surface area contributed by atoms with Gasteiger partial charge >= 0.3 is 0 Å². The number of fused-ring (bicyclic) bond motifs is 3. The first-order valence-electron chi connectivity index (χ1n) is 10.3. The highest BCUT2D eigenvalue weighted by Gasteiger charge is 2.27. The zero-order valence-corrected chi connectivity index (χ0v) is 17.2. The molecule has 2 aromatic carbocycles. The second-order valence-corrected chi connectivity index (χ2v) is 7.82. The van der Waals surface area contributed by atoms with Crippen molar-refractivity contribution in [3.05, 3.63) is 76.5 Å². The average Bonchev–Trinajstić information content (AvgIpc) is 2.81. The smallest absolute Gasteiger partial charge is 0.261 e. The van der Waals surface area contributed by atoms with Crippen LogP contribution in [0.3, 0.4) is 0 Å². The third-order valence-electron chi connectivity index (χ3n) is 5.93. The SMILES string of the molecule is COc1cc(Cc2cc3c(=O)n([C@H]4COCC[C@@H]4O)cnc3c3ccccc23)ccn1. The van der Waals surface area contributed by atoms with E-state index < -0.39 is 12.1 Å². The summed E-state index contributed by atoms with van der Waals surface area (Å²) < 4.78 is 12.3. The Bertz CT molecular complexity index is 1320. The molecule has 0 bridgehead atoms. The molecule has 2 atom stereocenters. The highest BCUT2D eigenvalue weighted by molar-refractivity contribution is 6.06. The molecule has 158 valence electrons. The first-order chi connectivity index (χ1) is 15.2. The second-order valence-electron chi connectivity index (χ2n) is 7.82. The maximum Gasteiger partial charge on any atom is 0.261 e. The molecular formula is C24H23N3O4. The topological polar surface area (TPSA) is 86.5 Å². The molecule has 1 N–H and O–H groups in total. The summed E-state index contributed by atoms with van der Waals surface area (Å²) in [5.74, 6) is 0.554. The van der Waals surface area contributed by atoms with E-state index in [2.05, 4.69) is 16.0 Å². The number of nitrogens with zero attached hydrogens (tertiary/aromatic N) is 3. The molecule has 4 aromatic rings. The Balaban J connectivity index is 1.69. The molecule has 3 heterocycles. The molecule has 0 saturated carbocycles. The van der Waals surface area contributed by atoms with Crippen LogP contribution in [0.5, 0.6) is 5.88 Å². The lowest BCUT2D eigenvalue weighted by molar-refractivity contribution is -0.0303. The van der Waals surface area contributed by atoms with Crippen LogP contribution in [-0.4, -0.2) is 46.1 Å². The van der Waals surface area contributed by atoms with Gasteiger partial charge in [-0.1, -0.05) is 24.3 Å². The zero-order valence-electron chi connectivity index (χ0n) is 17.2. The van der Waals surface area contributed by atoms with Gasteiger partial charge in [-0.15, -0.1) is 0 Å². The maximum atomic E-state index is 13.4. The van der Waals surface area contributed by atoms with Gasteiger partial charge in [-0.25, -0.2) is 9.97 Å². The van der Waals surface area contributed by atoms with Crippen molar-refractivity contribution in [1.82, 2.24) is 14.5 Å². The van der Waals surface area contributed by atoms with Crippen molar-refractivity contribution < 1.29 is 14.6 Å². The molecule has 0 amide bonds. The van der Waals surface area contributed by atoms with Crippen LogP contribution in [0.15, 0.2) is 59.8 Å². The number of aliphatic hydroxyl groups excluding tert-OH is 1. The van der Waals surface area contributed by atoms with Gasteiger partial charge in [-0.05, 0) is 41.5 Å². The van der Waals surface area contributed by atoms with Crippen LogP contribution in [0.4, 0.5) is 0 Å². The van der Waals surface area contributed by atoms with Crippen molar-refractivity contribution in [2.45, 2.75) is 25.0 Å². The minimum atomic E-state index is -0.630. The fourth-order valence-electron chi connectivity index (χ4n) is 4.30.